The third-order valence-electron chi connectivity index (χ3n) is 2.44. The van der Waals surface area contributed by atoms with Crippen LogP contribution >= 0.6 is 0 Å². The van der Waals surface area contributed by atoms with Gasteiger partial charge in [0.25, 0.3) is 5.69 Å². The number of anilines is 1. The summed E-state index contributed by atoms with van der Waals surface area (Å²) in [5.74, 6) is 1.00. The third-order valence-corrected chi connectivity index (χ3v) is 2.44. The molecule has 1 aromatic heterocycles. The van der Waals surface area contributed by atoms with Crippen LogP contribution in [0.1, 0.15) is 17.3 Å². The maximum Gasteiger partial charge on any atom is 0.271 e. The first kappa shape index (κ1) is 12.0. The molecule has 0 saturated carbocycles. The Kier molecular flexibility index (Phi) is 3.22. The van der Waals surface area contributed by atoms with E-state index in [0.717, 1.165) is 5.56 Å². The van der Waals surface area contributed by atoms with Gasteiger partial charge in [-0.25, -0.2) is 0 Å². The van der Waals surface area contributed by atoms with Crippen LogP contribution < -0.4 is 5.32 Å². The predicted octanol–water partition coefficient (Wildman–Crippen LogP) is 2.21. The van der Waals surface area contributed by atoms with E-state index < -0.39 is 4.92 Å². The van der Waals surface area contributed by atoms with Crippen LogP contribution in [-0.2, 0) is 6.54 Å². The van der Waals surface area contributed by atoms with Gasteiger partial charge in [0.1, 0.15) is 0 Å². The van der Waals surface area contributed by atoms with Crippen molar-refractivity contribution in [2.24, 2.45) is 0 Å². The molecular formula is C11H12N4O3. The number of aryl methyl sites for hydroxylation is 2. The minimum Gasteiger partial charge on any atom is -0.377 e. The number of nitro groups is 1. The Hall–Kier alpha value is -2.44. The van der Waals surface area contributed by atoms with E-state index in [1.165, 1.54) is 12.1 Å². The van der Waals surface area contributed by atoms with Crippen molar-refractivity contribution >= 4 is 11.4 Å². The molecule has 0 aliphatic rings. The zero-order chi connectivity index (χ0) is 13.1. The number of non-ortho nitro benzene ring substituents is 1. The molecule has 2 aromatic rings. The number of rotatable bonds is 4. The van der Waals surface area contributed by atoms with E-state index >= 15 is 0 Å². The Bertz CT molecular complexity index is 579. The first-order valence-corrected chi connectivity index (χ1v) is 5.34. The van der Waals surface area contributed by atoms with Gasteiger partial charge in [0.05, 0.1) is 11.5 Å². The molecule has 1 aromatic carbocycles. The van der Waals surface area contributed by atoms with Gasteiger partial charge in [0.15, 0.2) is 5.82 Å². The Morgan fingerprint density at radius 1 is 1.44 bits per heavy atom. The SMILES string of the molecule is Cc1nc(CNc2cc([N+](=O)[O-])ccc2C)no1. The molecule has 2 rings (SSSR count). The molecule has 0 unspecified atom stereocenters. The lowest BCUT2D eigenvalue weighted by Crippen LogP contribution is -2.03. The number of nitrogens with one attached hydrogen (secondary N) is 1. The zero-order valence-corrected chi connectivity index (χ0v) is 10.0. The Labute approximate surface area is 103 Å². The zero-order valence-electron chi connectivity index (χ0n) is 10.0. The lowest BCUT2D eigenvalue weighted by Gasteiger charge is -2.06. The quantitative estimate of drug-likeness (QED) is 0.658. The molecule has 0 aliphatic carbocycles. The highest BCUT2D eigenvalue weighted by molar-refractivity contribution is 5.56. The average molecular weight is 248 g/mol. The highest BCUT2D eigenvalue weighted by Crippen LogP contribution is 2.22. The van der Waals surface area contributed by atoms with Gasteiger partial charge in [-0.3, -0.25) is 10.1 Å². The van der Waals surface area contributed by atoms with Crippen molar-refractivity contribution in [2.75, 3.05) is 5.32 Å². The van der Waals surface area contributed by atoms with Crippen LogP contribution in [0.5, 0.6) is 0 Å². The van der Waals surface area contributed by atoms with Gasteiger partial charge in [-0.2, -0.15) is 4.98 Å². The van der Waals surface area contributed by atoms with E-state index in [1.807, 2.05) is 6.92 Å². The molecule has 94 valence electrons. The molecule has 7 heteroatoms. The third kappa shape index (κ3) is 2.62. The molecule has 0 amide bonds. The summed E-state index contributed by atoms with van der Waals surface area (Å²) in [6, 6.07) is 4.66. The minimum absolute atomic E-state index is 0.0485. The lowest BCUT2D eigenvalue weighted by molar-refractivity contribution is -0.384. The van der Waals surface area contributed by atoms with E-state index in [9.17, 15) is 10.1 Å². The summed E-state index contributed by atoms with van der Waals surface area (Å²) in [7, 11) is 0. The van der Waals surface area contributed by atoms with Crippen molar-refractivity contribution in [1.29, 1.82) is 0 Å². The molecule has 0 radical (unpaired) electrons. The molecule has 1 N–H and O–H groups in total. The maximum atomic E-state index is 10.7. The van der Waals surface area contributed by atoms with Gasteiger partial charge in [0, 0.05) is 24.7 Å². The summed E-state index contributed by atoms with van der Waals surface area (Å²) in [5, 5.41) is 17.5. The molecule has 0 fully saturated rings. The van der Waals surface area contributed by atoms with Crippen LogP contribution in [0.25, 0.3) is 0 Å². The second-order valence-corrected chi connectivity index (χ2v) is 3.84. The van der Waals surface area contributed by atoms with Crippen LogP contribution in [0.4, 0.5) is 11.4 Å². The molecule has 1 heterocycles. The van der Waals surface area contributed by atoms with Gasteiger partial charge in [-0.15, -0.1) is 0 Å². The number of hydrogen-bond acceptors (Lipinski definition) is 6. The van der Waals surface area contributed by atoms with Crippen LogP contribution in [-0.4, -0.2) is 15.1 Å². The first-order valence-electron chi connectivity index (χ1n) is 5.34. The molecular weight excluding hydrogens is 236 g/mol. The van der Waals surface area contributed by atoms with E-state index in [1.54, 1.807) is 13.0 Å². The second kappa shape index (κ2) is 4.82. The predicted molar refractivity (Wildman–Crippen MR) is 64.2 cm³/mol. The number of nitro benzene ring substituents is 1. The summed E-state index contributed by atoms with van der Waals surface area (Å²) in [6.07, 6.45) is 0. The topological polar surface area (TPSA) is 94.1 Å². The van der Waals surface area contributed by atoms with Crippen molar-refractivity contribution in [3.05, 3.63) is 45.6 Å². The van der Waals surface area contributed by atoms with Crippen LogP contribution in [0.15, 0.2) is 22.7 Å². The van der Waals surface area contributed by atoms with Crippen molar-refractivity contribution < 1.29 is 9.45 Å². The fourth-order valence-electron chi connectivity index (χ4n) is 1.50. The molecule has 7 nitrogen and oxygen atoms in total. The summed E-state index contributed by atoms with van der Waals surface area (Å²) < 4.78 is 4.84. The number of nitrogens with zero attached hydrogens (tertiary/aromatic N) is 3. The summed E-state index contributed by atoms with van der Waals surface area (Å²) in [5.41, 5.74) is 1.65. The van der Waals surface area contributed by atoms with Gasteiger partial charge in [0.2, 0.25) is 5.89 Å². The van der Waals surface area contributed by atoms with Crippen molar-refractivity contribution in [1.82, 2.24) is 10.1 Å². The highest BCUT2D eigenvalue weighted by atomic mass is 16.6. The fraction of sp³-hybridized carbons (Fsp3) is 0.273. The van der Waals surface area contributed by atoms with Crippen molar-refractivity contribution in [2.45, 2.75) is 20.4 Å². The smallest absolute Gasteiger partial charge is 0.271 e. The molecule has 0 bridgehead atoms. The summed E-state index contributed by atoms with van der Waals surface area (Å²) >= 11 is 0. The van der Waals surface area contributed by atoms with Crippen LogP contribution in [0, 0.1) is 24.0 Å². The number of hydrogen-bond donors (Lipinski definition) is 1. The van der Waals surface area contributed by atoms with E-state index in [4.69, 9.17) is 4.52 Å². The number of aromatic nitrogens is 2. The Balaban J connectivity index is 2.13. The van der Waals surface area contributed by atoms with Gasteiger partial charge in [-0.05, 0) is 12.5 Å². The fourth-order valence-corrected chi connectivity index (χ4v) is 1.50. The molecule has 0 saturated heterocycles. The Morgan fingerprint density at radius 2 is 2.22 bits per heavy atom. The molecule has 18 heavy (non-hydrogen) atoms. The van der Waals surface area contributed by atoms with E-state index in [0.29, 0.717) is 23.9 Å². The molecule has 0 atom stereocenters. The largest absolute Gasteiger partial charge is 0.377 e. The Morgan fingerprint density at radius 3 is 2.83 bits per heavy atom. The summed E-state index contributed by atoms with van der Waals surface area (Å²) in [4.78, 5) is 14.3. The minimum atomic E-state index is -0.427. The molecule has 0 spiro atoms. The van der Waals surface area contributed by atoms with Crippen LogP contribution in [0.2, 0.25) is 0 Å². The maximum absolute atomic E-state index is 10.7. The van der Waals surface area contributed by atoms with Crippen molar-refractivity contribution in [3.8, 4) is 0 Å². The van der Waals surface area contributed by atoms with E-state index in [-0.39, 0.29) is 5.69 Å². The average Bonchev–Trinajstić information content (AvgIpc) is 2.74. The van der Waals surface area contributed by atoms with Crippen molar-refractivity contribution in [3.63, 3.8) is 0 Å². The standard InChI is InChI=1S/C11H12N4O3/c1-7-3-4-9(15(16)17)5-10(7)12-6-11-13-8(2)18-14-11/h3-5,12H,6H2,1-2H3. The second-order valence-electron chi connectivity index (χ2n) is 3.84. The van der Waals surface area contributed by atoms with Gasteiger partial charge < -0.3 is 9.84 Å². The normalized spacial score (nSPS) is 10.3. The van der Waals surface area contributed by atoms with Crippen LogP contribution in [0.3, 0.4) is 0 Å². The van der Waals surface area contributed by atoms with E-state index in [2.05, 4.69) is 15.5 Å². The first-order chi connectivity index (χ1) is 8.56. The van der Waals surface area contributed by atoms with Gasteiger partial charge >= 0.3 is 0 Å². The lowest BCUT2D eigenvalue weighted by atomic mass is 10.2. The monoisotopic (exact) mass is 248 g/mol. The molecule has 0 aliphatic heterocycles. The summed E-state index contributed by atoms with van der Waals surface area (Å²) in [6.45, 7) is 3.93. The van der Waals surface area contributed by atoms with Gasteiger partial charge in [-0.1, -0.05) is 11.2 Å². The number of benzene rings is 1. The highest BCUT2D eigenvalue weighted by Gasteiger charge is 2.09.